The molecule has 1 heteroatoms. The largest absolute Gasteiger partial charge is 0.0613 e. The van der Waals surface area contributed by atoms with E-state index in [0.717, 1.165) is 6.42 Å². The van der Waals surface area contributed by atoms with Gasteiger partial charge in [-0.05, 0) is 18.1 Å². The van der Waals surface area contributed by atoms with Crippen molar-refractivity contribution in [1.29, 1.82) is 0 Å². The molecule has 1 aromatic carbocycles. The molecule has 0 bridgehead atoms. The van der Waals surface area contributed by atoms with Gasteiger partial charge in [-0.3, -0.25) is 0 Å². The fourth-order valence-corrected chi connectivity index (χ4v) is 0.657. The van der Waals surface area contributed by atoms with Gasteiger partial charge in [0, 0.05) is 19.5 Å². The third-order valence-electron chi connectivity index (χ3n) is 1.20. The van der Waals surface area contributed by atoms with E-state index >= 15 is 0 Å². The molecule has 0 aromatic heterocycles. The quantitative estimate of drug-likeness (QED) is 0.566. The average Bonchev–Trinajstić information content (AvgIpc) is 1.90. The molecule has 0 aliphatic heterocycles. The van der Waals surface area contributed by atoms with E-state index in [2.05, 4.69) is 25.1 Å². The second-order valence-corrected chi connectivity index (χ2v) is 1.76. The van der Waals surface area contributed by atoms with Crippen LogP contribution in [0.25, 0.3) is 0 Å². The van der Waals surface area contributed by atoms with Crippen molar-refractivity contribution in [3.8, 4) is 0 Å². The van der Waals surface area contributed by atoms with Gasteiger partial charge < -0.3 is 0 Å². The zero-order chi connectivity index (χ0) is 5.82. The smallest absolute Gasteiger partial charge is 0 e. The first-order chi connectivity index (χ1) is 3.93. The van der Waals surface area contributed by atoms with Crippen molar-refractivity contribution in [1.82, 2.24) is 0 Å². The summed E-state index contributed by atoms with van der Waals surface area (Å²) < 4.78 is 0. The molecular weight excluding hydrogens is 161 g/mol. The van der Waals surface area contributed by atoms with Crippen LogP contribution in [0.15, 0.2) is 24.3 Å². The molecule has 0 saturated heterocycles. The number of aryl methyl sites for hydroxylation is 1. The van der Waals surface area contributed by atoms with Crippen LogP contribution in [0.2, 0.25) is 0 Å². The Morgan fingerprint density at radius 1 is 1.33 bits per heavy atom. The van der Waals surface area contributed by atoms with E-state index in [-0.39, 0.29) is 19.5 Å². The molecule has 0 nitrogen and oxygen atoms in total. The zero-order valence-corrected chi connectivity index (χ0v) is 8.69. The van der Waals surface area contributed by atoms with E-state index in [1.807, 2.05) is 12.1 Å². The third kappa shape index (κ3) is 2.76. The summed E-state index contributed by atoms with van der Waals surface area (Å²) in [6, 6.07) is 11.0. The van der Waals surface area contributed by atoms with Crippen molar-refractivity contribution in [3.05, 3.63) is 35.9 Å². The molecule has 0 amide bonds. The van der Waals surface area contributed by atoms with Crippen molar-refractivity contribution in [2.75, 3.05) is 0 Å². The molecule has 0 aliphatic rings. The van der Waals surface area contributed by atoms with Crippen molar-refractivity contribution >= 4 is 0 Å². The maximum Gasteiger partial charge on any atom is 0 e. The van der Waals surface area contributed by atoms with Crippen molar-refractivity contribution in [2.45, 2.75) is 13.3 Å². The van der Waals surface area contributed by atoms with E-state index in [9.17, 15) is 0 Å². The molecule has 0 heterocycles. The number of hydrogen-bond acceptors (Lipinski definition) is 0. The maximum absolute atomic E-state index is 2.97. The Morgan fingerprint density at radius 3 is 2.22 bits per heavy atom. The number of benzene rings is 1. The fraction of sp³-hybridized carbons (Fsp3) is 0.250. The molecular formula is C8H9Zn. The standard InChI is InChI=1S/C8H9.Zn/c1-2-8-6-4-3-5-7-8;/h4-7H,2H2,1H3;. The summed E-state index contributed by atoms with van der Waals surface area (Å²) in [5, 5.41) is 0. The Kier molecular flexibility index (Phi) is 4.62. The Labute approximate surface area is 69.0 Å². The van der Waals surface area contributed by atoms with Gasteiger partial charge >= 0.3 is 0 Å². The number of rotatable bonds is 1. The first kappa shape index (κ1) is 8.84. The summed E-state index contributed by atoms with van der Waals surface area (Å²) >= 11 is 0. The van der Waals surface area contributed by atoms with E-state index in [1.165, 1.54) is 5.56 Å². The molecule has 0 N–H and O–H groups in total. The molecule has 9 heavy (non-hydrogen) atoms. The van der Waals surface area contributed by atoms with Crippen molar-refractivity contribution in [3.63, 3.8) is 0 Å². The van der Waals surface area contributed by atoms with Gasteiger partial charge in [-0.15, -0.1) is 0 Å². The topological polar surface area (TPSA) is 0 Å². The van der Waals surface area contributed by atoms with Crippen LogP contribution in [0.3, 0.4) is 0 Å². The maximum atomic E-state index is 2.97. The van der Waals surface area contributed by atoms with E-state index in [0.29, 0.717) is 0 Å². The second-order valence-electron chi connectivity index (χ2n) is 1.76. The molecule has 0 spiro atoms. The minimum atomic E-state index is 0. The van der Waals surface area contributed by atoms with Gasteiger partial charge in [0.05, 0.1) is 0 Å². The Morgan fingerprint density at radius 2 is 1.89 bits per heavy atom. The Hall–Kier alpha value is -0.157. The molecule has 1 rings (SSSR count). The van der Waals surface area contributed by atoms with Gasteiger partial charge in [0.25, 0.3) is 0 Å². The molecule has 0 fully saturated rings. The first-order valence-electron chi connectivity index (χ1n) is 2.88. The van der Waals surface area contributed by atoms with Gasteiger partial charge in [0.1, 0.15) is 0 Å². The molecule has 1 aromatic rings. The van der Waals surface area contributed by atoms with Crippen LogP contribution >= 0.6 is 0 Å². The average molecular weight is 171 g/mol. The second kappa shape index (κ2) is 4.70. The van der Waals surface area contributed by atoms with Crippen LogP contribution in [0.4, 0.5) is 0 Å². The third-order valence-corrected chi connectivity index (χ3v) is 1.20. The van der Waals surface area contributed by atoms with Crippen LogP contribution in [0, 0.1) is 6.07 Å². The van der Waals surface area contributed by atoms with E-state index in [1.54, 1.807) is 0 Å². The molecule has 0 unspecified atom stereocenters. The van der Waals surface area contributed by atoms with Crippen LogP contribution in [0.1, 0.15) is 12.5 Å². The predicted octanol–water partition coefficient (Wildman–Crippen LogP) is 2.05. The fourth-order valence-electron chi connectivity index (χ4n) is 0.657. The molecule has 43 valence electrons. The summed E-state index contributed by atoms with van der Waals surface area (Å²) in [6.07, 6.45) is 1.12. The predicted molar refractivity (Wildman–Crippen MR) is 34.7 cm³/mol. The summed E-state index contributed by atoms with van der Waals surface area (Å²) in [5.41, 5.74) is 1.38. The summed E-state index contributed by atoms with van der Waals surface area (Å²) in [5.74, 6) is 0. The molecule has 0 atom stereocenters. The summed E-state index contributed by atoms with van der Waals surface area (Å²) in [6.45, 7) is 2.15. The summed E-state index contributed by atoms with van der Waals surface area (Å²) in [4.78, 5) is 0. The Bertz CT molecular complexity index is 146. The van der Waals surface area contributed by atoms with Gasteiger partial charge in [-0.2, -0.15) is 0 Å². The normalized spacial score (nSPS) is 8.11. The summed E-state index contributed by atoms with van der Waals surface area (Å²) in [7, 11) is 0. The Balaban J connectivity index is 0.000000640. The van der Waals surface area contributed by atoms with Gasteiger partial charge in [-0.1, -0.05) is 31.2 Å². The van der Waals surface area contributed by atoms with Crippen molar-refractivity contribution in [2.24, 2.45) is 0 Å². The van der Waals surface area contributed by atoms with Crippen molar-refractivity contribution < 1.29 is 19.5 Å². The van der Waals surface area contributed by atoms with E-state index < -0.39 is 0 Å². The minimum absolute atomic E-state index is 0. The first-order valence-corrected chi connectivity index (χ1v) is 2.88. The van der Waals surface area contributed by atoms with Crippen LogP contribution in [0.5, 0.6) is 0 Å². The minimum Gasteiger partial charge on any atom is -0.0613 e. The van der Waals surface area contributed by atoms with Gasteiger partial charge in [0.2, 0.25) is 0 Å². The van der Waals surface area contributed by atoms with Crippen LogP contribution < -0.4 is 0 Å². The molecule has 1 radical (unpaired) electrons. The van der Waals surface area contributed by atoms with Crippen LogP contribution in [-0.2, 0) is 25.9 Å². The van der Waals surface area contributed by atoms with Crippen LogP contribution in [-0.4, -0.2) is 0 Å². The SMILES string of the molecule is CCc1cc[c]cc1.[Zn]. The molecule has 0 saturated carbocycles. The van der Waals surface area contributed by atoms with E-state index in [4.69, 9.17) is 0 Å². The monoisotopic (exact) mass is 169 g/mol. The van der Waals surface area contributed by atoms with Gasteiger partial charge in [-0.25, -0.2) is 0 Å². The zero-order valence-electron chi connectivity index (χ0n) is 5.72. The van der Waals surface area contributed by atoms with Gasteiger partial charge in [0.15, 0.2) is 0 Å². The number of hydrogen-bond donors (Lipinski definition) is 0. The molecule has 0 aliphatic carbocycles.